The van der Waals surface area contributed by atoms with Gasteiger partial charge in [-0.1, -0.05) is 30.3 Å². The molecule has 13 heteroatoms. The van der Waals surface area contributed by atoms with Gasteiger partial charge in [0.25, 0.3) is 0 Å². The molecule has 36 heavy (non-hydrogen) atoms. The fraction of sp³-hybridized carbons (Fsp3) is 0.522. The molecular weight excluding hydrogens is 490 g/mol. The van der Waals surface area contributed by atoms with Gasteiger partial charge in [0.2, 0.25) is 23.6 Å². The van der Waals surface area contributed by atoms with Gasteiger partial charge in [0.15, 0.2) is 0 Å². The number of carboxylic acid groups (broad SMARTS) is 1. The Kier molecular flexibility index (Phi) is 13.5. The highest BCUT2D eigenvalue weighted by atomic mass is 32.2. The third-order valence-electron chi connectivity index (χ3n) is 5.28. The molecule has 12 nitrogen and oxygen atoms in total. The van der Waals surface area contributed by atoms with Gasteiger partial charge >= 0.3 is 5.97 Å². The van der Waals surface area contributed by atoms with Crippen LogP contribution in [0.1, 0.15) is 31.7 Å². The van der Waals surface area contributed by atoms with Gasteiger partial charge in [-0.15, -0.1) is 0 Å². The van der Waals surface area contributed by atoms with Crippen molar-refractivity contribution in [1.82, 2.24) is 16.0 Å². The molecule has 0 heterocycles. The summed E-state index contributed by atoms with van der Waals surface area (Å²) in [6.07, 6.45) is 0.425. The first-order valence-electron chi connectivity index (χ1n) is 11.3. The topological polar surface area (TPSA) is 214 Å². The second-order valence-corrected chi connectivity index (χ2v) is 9.25. The van der Waals surface area contributed by atoms with Crippen LogP contribution in [-0.2, 0) is 30.4 Å². The number of carboxylic acids is 1. The van der Waals surface area contributed by atoms with Crippen LogP contribution in [0.2, 0.25) is 0 Å². The molecule has 0 aromatic heterocycles. The van der Waals surface area contributed by atoms with Gasteiger partial charge in [0.05, 0.1) is 6.10 Å². The molecule has 9 N–H and O–H groups in total. The molecule has 0 aliphatic heterocycles. The van der Waals surface area contributed by atoms with E-state index in [-0.39, 0.29) is 25.7 Å². The zero-order valence-electron chi connectivity index (χ0n) is 20.3. The maximum absolute atomic E-state index is 13.0. The standard InChI is InChI=1S/C23H35N5O7S/c1-13(29)19(25)22(33)27-16(10-11-36-2)21(32)26-15(8-9-18(24)30)20(31)28-17(23(34)35)12-14-6-4-3-5-7-14/h3-7,13,15-17,19,29H,8-12,25H2,1-2H3,(H2,24,30)(H,26,32)(H,27,33)(H,28,31)(H,34,35). The molecule has 0 saturated heterocycles. The first-order valence-corrected chi connectivity index (χ1v) is 12.7. The average molecular weight is 526 g/mol. The van der Waals surface area contributed by atoms with Crippen LogP contribution in [0.5, 0.6) is 0 Å². The lowest BCUT2D eigenvalue weighted by Gasteiger charge is -2.25. The number of hydrogen-bond acceptors (Lipinski definition) is 8. The number of benzene rings is 1. The van der Waals surface area contributed by atoms with Crippen LogP contribution < -0.4 is 27.4 Å². The Morgan fingerprint density at radius 2 is 1.44 bits per heavy atom. The minimum absolute atomic E-state index is 0.00202. The quantitative estimate of drug-likeness (QED) is 0.133. The number of aliphatic hydroxyl groups excluding tert-OH is 1. The van der Waals surface area contributed by atoms with E-state index in [1.165, 1.54) is 18.7 Å². The van der Waals surface area contributed by atoms with Gasteiger partial charge in [-0.25, -0.2) is 4.79 Å². The zero-order valence-corrected chi connectivity index (χ0v) is 21.1. The first-order chi connectivity index (χ1) is 17.0. The first kappa shape index (κ1) is 30.9. The molecule has 0 spiro atoms. The Morgan fingerprint density at radius 3 is 1.94 bits per heavy atom. The number of primary amides is 1. The van der Waals surface area contributed by atoms with E-state index in [1.54, 1.807) is 36.6 Å². The van der Waals surface area contributed by atoms with Crippen molar-refractivity contribution >= 4 is 41.4 Å². The van der Waals surface area contributed by atoms with E-state index in [0.717, 1.165) is 0 Å². The predicted octanol–water partition coefficient (Wildman–Crippen LogP) is -1.51. The summed E-state index contributed by atoms with van der Waals surface area (Å²) in [6.45, 7) is 1.33. The van der Waals surface area contributed by atoms with E-state index in [1.807, 2.05) is 0 Å². The summed E-state index contributed by atoms with van der Waals surface area (Å²) >= 11 is 1.42. The number of aliphatic carboxylic acids is 1. The minimum atomic E-state index is -1.29. The number of hydrogen-bond donors (Lipinski definition) is 7. The lowest BCUT2D eigenvalue weighted by molar-refractivity contribution is -0.142. The molecule has 1 aromatic rings. The van der Waals surface area contributed by atoms with Gasteiger partial charge in [-0.05, 0) is 37.3 Å². The smallest absolute Gasteiger partial charge is 0.326 e. The second kappa shape index (κ2) is 15.8. The van der Waals surface area contributed by atoms with Gasteiger partial charge in [-0.3, -0.25) is 19.2 Å². The van der Waals surface area contributed by atoms with Crippen molar-refractivity contribution in [2.45, 2.75) is 62.9 Å². The molecule has 200 valence electrons. The van der Waals surface area contributed by atoms with Crippen LogP contribution in [0.25, 0.3) is 0 Å². The van der Waals surface area contributed by atoms with Gasteiger partial charge in [-0.2, -0.15) is 11.8 Å². The summed E-state index contributed by atoms with van der Waals surface area (Å²) in [5.41, 5.74) is 11.5. The van der Waals surface area contributed by atoms with Crippen molar-refractivity contribution in [2.75, 3.05) is 12.0 Å². The van der Waals surface area contributed by atoms with Gasteiger partial charge < -0.3 is 37.6 Å². The Balaban J connectivity index is 3.02. The van der Waals surface area contributed by atoms with Crippen molar-refractivity contribution in [3.05, 3.63) is 35.9 Å². The summed E-state index contributed by atoms with van der Waals surface area (Å²) in [7, 11) is 0. The van der Waals surface area contributed by atoms with E-state index < -0.39 is 59.9 Å². The second-order valence-electron chi connectivity index (χ2n) is 8.26. The van der Waals surface area contributed by atoms with Crippen molar-refractivity contribution in [2.24, 2.45) is 11.5 Å². The highest BCUT2D eigenvalue weighted by molar-refractivity contribution is 7.98. The number of carbonyl (C=O) groups excluding carboxylic acids is 4. The Labute approximate surface area is 213 Å². The van der Waals surface area contributed by atoms with Crippen LogP contribution in [0, 0.1) is 0 Å². The highest BCUT2D eigenvalue weighted by Crippen LogP contribution is 2.07. The monoisotopic (exact) mass is 525 g/mol. The fourth-order valence-electron chi connectivity index (χ4n) is 3.14. The van der Waals surface area contributed by atoms with Gasteiger partial charge in [0, 0.05) is 12.8 Å². The Morgan fingerprint density at radius 1 is 0.917 bits per heavy atom. The number of nitrogens with two attached hydrogens (primary N) is 2. The summed E-state index contributed by atoms with van der Waals surface area (Å²) in [4.78, 5) is 61.4. The van der Waals surface area contributed by atoms with Crippen molar-refractivity contribution in [1.29, 1.82) is 0 Å². The van der Waals surface area contributed by atoms with Crippen LogP contribution in [0.4, 0.5) is 0 Å². The third kappa shape index (κ3) is 11.1. The van der Waals surface area contributed by atoms with Crippen LogP contribution >= 0.6 is 11.8 Å². The third-order valence-corrected chi connectivity index (χ3v) is 5.92. The molecule has 0 bridgehead atoms. The average Bonchev–Trinajstić information content (AvgIpc) is 2.83. The fourth-order valence-corrected chi connectivity index (χ4v) is 3.61. The Bertz CT molecular complexity index is 900. The van der Waals surface area contributed by atoms with E-state index in [9.17, 15) is 34.2 Å². The van der Waals surface area contributed by atoms with E-state index >= 15 is 0 Å². The number of carbonyl (C=O) groups is 5. The van der Waals surface area contributed by atoms with Gasteiger partial charge in [0.1, 0.15) is 24.2 Å². The van der Waals surface area contributed by atoms with E-state index in [2.05, 4.69) is 16.0 Å². The predicted molar refractivity (Wildman–Crippen MR) is 135 cm³/mol. The lowest BCUT2D eigenvalue weighted by atomic mass is 10.0. The number of nitrogens with one attached hydrogen (secondary N) is 3. The molecule has 0 aliphatic carbocycles. The summed E-state index contributed by atoms with van der Waals surface area (Å²) in [6, 6.07) is 3.74. The number of amides is 4. The molecule has 5 atom stereocenters. The lowest BCUT2D eigenvalue weighted by Crippen LogP contribution is -2.58. The molecule has 0 aliphatic rings. The van der Waals surface area contributed by atoms with Crippen LogP contribution in [0.15, 0.2) is 30.3 Å². The maximum atomic E-state index is 13.0. The SMILES string of the molecule is CSCCC(NC(=O)C(N)C(C)O)C(=O)NC(CCC(N)=O)C(=O)NC(Cc1ccccc1)C(=O)O. The summed E-state index contributed by atoms with van der Waals surface area (Å²) in [5, 5.41) is 26.5. The maximum Gasteiger partial charge on any atom is 0.326 e. The number of rotatable bonds is 16. The van der Waals surface area contributed by atoms with Crippen molar-refractivity contribution < 1.29 is 34.2 Å². The highest BCUT2D eigenvalue weighted by Gasteiger charge is 2.31. The van der Waals surface area contributed by atoms with Crippen LogP contribution in [0.3, 0.4) is 0 Å². The molecule has 1 rings (SSSR count). The van der Waals surface area contributed by atoms with E-state index in [0.29, 0.717) is 11.3 Å². The van der Waals surface area contributed by atoms with E-state index in [4.69, 9.17) is 11.5 Å². The molecule has 0 saturated carbocycles. The summed E-state index contributed by atoms with van der Waals surface area (Å²) in [5.74, 6) is -3.80. The van der Waals surface area contributed by atoms with Crippen molar-refractivity contribution in [3.8, 4) is 0 Å². The molecule has 0 fully saturated rings. The molecule has 4 amide bonds. The van der Waals surface area contributed by atoms with Crippen LogP contribution in [-0.4, -0.2) is 82.1 Å². The van der Waals surface area contributed by atoms with Crippen molar-refractivity contribution in [3.63, 3.8) is 0 Å². The summed E-state index contributed by atoms with van der Waals surface area (Å²) < 4.78 is 0. The Hall–Kier alpha value is -3.16. The minimum Gasteiger partial charge on any atom is -0.480 e. The molecule has 0 radical (unpaired) electrons. The molecule has 5 unspecified atom stereocenters. The zero-order chi connectivity index (χ0) is 27.3. The number of thioether (sulfide) groups is 1. The molecule has 1 aromatic carbocycles. The largest absolute Gasteiger partial charge is 0.480 e. The number of aliphatic hydroxyl groups is 1. The molecular formula is C23H35N5O7S. The normalized spacial score (nSPS) is 15.0.